The second kappa shape index (κ2) is 7.95. The molecule has 2 N–H and O–H groups in total. The van der Waals surface area contributed by atoms with E-state index in [1.807, 2.05) is 28.0 Å². The van der Waals surface area contributed by atoms with Crippen molar-refractivity contribution >= 4 is 44.1 Å². The van der Waals surface area contributed by atoms with Crippen LogP contribution in [0, 0.1) is 6.92 Å². The molecule has 1 aliphatic rings. The Bertz CT molecular complexity index is 1540. The largest absolute Gasteiger partial charge is 0.452 e. The lowest BCUT2D eigenvalue weighted by atomic mass is 10.0. The number of aromatic nitrogens is 4. The first-order valence-corrected chi connectivity index (χ1v) is 12.1. The minimum atomic E-state index is 0.135. The van der Waals surface area contributed by atoms with E-state index in [9.17, 15) is 4.79 Å². The Balaban J connectivity index is 1.39. The van der Waals surface area contributed by atoms with Gasteiger partial charge in [-0.05, 0) is 31.9 Å². The van der Waals surface area contributed by atoms with E-state index in [0.29, 0.717) is 11.4 Å². The quantitative estimate of drug-likeness (QED) is 0.394. The number of nitrogen functional groups attached to an aromatic ring is 1. The second-order valence-corrected chi connectivity index (χ2v) is 10.0. The molecule has 0 radical (unpaired) electrons. The summed E-state index contributed by atoms with van der Waals surface area (Å²) in [5.41, 5.74) is 9.77. The van der Waals surface area contributed by atoms with Crippen molar-refractivity contribution in [2.75, 3.05) is 18.8 Å². The summed E-state index contributed by atoms with van der Waals surface area (Å²) >= 11 is 1.70. The zero-order chi connectivity index (χ0) is 23.4. The molecule has 0 unspecified atom stereocenters. The van der Waals surface area contributed by atoms with Gasteiger partial charge in [0.1, 0.15) is 5.76 Å². The number of aryl methyl sites for hydroxylation is 1. The standard InChI is InChI=1S/C25H24N6O2S/c1-14-23(18-3-6-27-12-22(18)34-14)21-9-19-20(11-28-25(26)24(19)33-21)16-10-29-31(13-16)17-4-7-30(8-5-17)15(2)32/h3,6,9-13,17H,4-5,7-8H2,1-2H3,(H2,26,28). The van der Waals surface area contributed by atoms with Crippen molar-refractivity contribution in [1.29, 1.82) is 0 Å². The summed E-state index contributed by atoms with van der Waals surface area (Å²) in [7, 11) is 0. The van der Waals surface area contributed by atoms with Crippen molar-refractivity contribution in [2.45, 2.75) is 32.7 Å². The number of likely N-dealkylation sites (tertiary alicyclic amines) is 1. The number of nitrogens with two attached hydrogens (primary N) is 1. The minimum Gasteiger partial charge on any atom is -0.452 e. The van der Waals surface area contributed by atoms with Crippen LogP contribution in [0.1, 0.15) is 30.7 Å². The molecule has 0 spiro atoms. The third kappa shape index (κ3) is 3.35. The molecule has 5 aromatic heterocycles. The summed E-state index contributed by atoms with van der Waals surface area (Å²) in [6.07, 6.45) is 11.2. The average Bonchev–Trinajstić information content (AvgIpc) is 3.56. The fourth-order valence-corrected chi connectivity index (χ4v) is 5.93. The van der Waals surface area contributed by atoms with Gasteiger partial charge in [-0.25, -0.2) is 4.98 Å². The van der Waals surface area contributed by atoms with Crippen LogP contribution in [0.4, 0.5) is 5.82 Å². The number of rotatable bonds is 3. The number of anilines is 1. The number of furan rings is 1. The number of nitrogens with zero attached hydrogens (tertiary/aromatic N) is 5. The number of carbonyl (C=O) groups excluding carboxylic acids is 1. The molecule has 0 bridgehead atoms. The van der Waals surface area contributed by atoms with Crippen molar-refractivity contribution in [1.82, 2.24) is 24.6 Å². The number of hydrogen-bond donors (Lipinski definition) is 1. The molecule has 5 aromatic rings. The zero-order valence-electron chi connectivity index (χ0n) is 19.0. The first-order chi connectivity index (χ1) is 16.5. The van der Waals surface area contributed by atoms with Gasteiger partial charge in [0.05, 0.1) is 16.9 Å². The zero-order valence-corrected chi connectivity index (χ0v) is 19.8. The van der Waals surface area contributed by atoms with Crippen molar-refractivity contribution in [3.63, 3.8) is 0 Å². The third-order valence-corrected chi connectivity index (χ3v) is 7.75. The van der Waals surface area contributed by atoms with E-state index >= 15 is 0 Å². The number of pyridine rings is 2. The normalized spacial score (nSPS) is 14.9. The van der Waals surface area contributed by atoms with E-state index < -0.39 is 0 Å². The number of fused-ring (bicyclic) bond motifs is 2. The van der Waals surface area contributed by atoms with E-state index in [0.717, 1.165) is 63.9 Å². The van der Waals surface area contributed by atoms with Gasteiger partial charge < -0.3 is 15.1 Å². The molecule has 0 atom stereocenters. The molecular weight excluding hydrogens is 448 g/mol. The minimum absolute atomic E-state index is 0.135. The Morgan fingerprint density at radius 1 is 1.21 bits per heavy atom. The topological polar surface area (TPSA) is 103 Å². The van der Waals surface area contributed by atoms with Crippen LogP contribution in [0.5, 0.6) is 0 Å². The molecule has 1 saturated heterocycles. The van der Waals surface area contributed by atoms with Crippen molar-refractivity contribution < 1.29 is 9.21 Å². The van der Waals surface area contributed by atoms with Gasteiger partial charge >= 0.3 is 0 Å². The van der Waals surface area contributed by atoms with Crippen LogP contribution in [-0.4, -0.2) is 43.6 Å². The van der Waals surface area contributed by atoms with E-state index in [1.165, 1.54) is 4.88 Å². The predicted octanol–water partition coefficient (Wildman–Crippen LogP) is 5.04. The van der Waals surface area contributed by atoms with Crippen LogP contribution < -0.4 is 5.73 Å². The van der Waals surface area contributed by atoms with Gasteiger partial charge in [0, 0.05) is 77.1 Å². The van der Waals surface area contributed by atoms with Crippen LogP contribution in [0.15, 0.2) is 47.5 Å². The van der Waals surface area contributed by atoms with E-state index in [-0.39, 0.29) is 11.9 Å². The maximum Gasteiger partial charge on any atom is 0.219 e. The molecular formula is C25H24N6O2S. The van der Waals surface area contributed by atoms with Gasteiger partial charge in [-0.15, -0.1) is 11.3 Å². The van der Waals surface area contributed by atoms with Crippen LogP contribution in [0.25, 0.3) is 43.5 Å². The fraction of sp³-hybridized carbons (Fsp3) is 0.280. The van der Waals surface area contributed by atoms with Crippen LogP contribution >= 0.6 is 11.3 Å². The smallest absolute Gasteiger partial charge is 0.219 e. The summed E-state index contributed by atoms with van der Waals surface area (Å²) in [5, 5.41) is 6.68. The van der Waals surface area contributed by atoms with Crippen LogP contribution in [0.3, 0.4) is 0 Å². The molecule has 0 aliphatic carbocycles. The predicted molar refractivity (Wildman–Crippen MR) is 134 cm³/mol. The van der Waals surface area contributed by atoms with Gasteiger partial charge in [0.2, 0.25) is 5.91 Å². The molecule has 0 aromatic carbocycles. The highest BCUT2D eigenvalue weighted by atomic mass is 32.1. The monoisotopic (exact) mass is 472 g/mol. The van der Waals surface area contributed by atoms with Gasteiger partial charge in [-0.2, -0.15) is 5.10 Å². The van der Waals surface area contributed by atoms with Gasteiger partial charge in [0.25, 0.3) is 0 Å². The number of carbonyl (C=O) groups is 1. The van der Waals surface area contributed by atoms with Crippen molar-refractivity contribution in [2.24, 2.45) is 0 Å². The molecule has 6 heterocycles. The molecule has 1 fully saturated rings. The summed E-state index contributed by atoms with van der Waals surface area (Å²) < 4.78 is 9.42. The Labute approximate surface area is 200 Å². The summed E-state index contributed by atoms with van der Waals surface area (Å²) in [5.74, 6) is 1.28. The Morgan fingerprint density at radius 3 is 2.82 bits per heavy atom. The van der Waals surface area contributed by atoms with E-state index in [2.05, 4.69) is 34.3 Å². The maximum absolute atomic E-state index is 11.6. The number of hydrogen-bond acceptors (Lipinski definition) is 7. The summed E-state index contributed by atoms with van der Waals surface area (Å²) in [6.45, 7) is 5.24. The molecule has 34 heavy (non-hydrogen) atoms. The number of piperidine rings is 1. The molecule has 9 heteroatoms. The molecule has 1 aliphatic heterocycles. The van der Waals surface area contributed by atoms with Gasteiger partial charge in [-0.3, -0.25) is 14.5 Å². The Kier molecular flexibility index (Phi) is 4.88. The number of amides is 1. The van der Waals surface area contributed by atoms with Crippen LogP contribution in [0.2, 0.25) is 0 Å². The lowest BCUT2D eigenvalue weighted by Crippen LogP contribution is -2.37. The van der Waals surface area contributed by atoms with Crippen molar-refractivity contribution in [3.05, 3.63) is 48.0 Å². The molecule has 172 valence electrons. The highest BCUT2D eigenvalue weighted by Gasteiger charge is 2.24. The maximum atomic E-state index is 11.6. The first kappa shape index (κ1) is 20.9. The Hall–Kier alpha value is -3.72. The third-order valence-electron chi connectivity index (χ3n) is 6.70. The fourth-order valence-electron chi connectivity index (χ4n) is 4.90. The van der Waals surface area contributed by atoms with Crippen LogP contribution in [-0.2, 0) is 4.79 Å². The second-order valence-electron chi connectivity index (χ2n) is 8.76. The first-order valence-electron chi connectivity index (χ1n) is 11.3. The summed E-state index contributed by atoms with van der Waals surface area (Å²) in [4.78, 5) is 23.4. The lowest BCUT2D eigenvalue weighted by Gasteiger charge is -2.31. The summed E-state index contributed by atoms with van der Waals surface area (Å²) in [6, 6.07) is 4.35. The van der Waals surface area contributed by atoms with Gasteiger partial charge in [0.15, 0.2) is 11.4 Å². The average molecular weight is 473 g/mol. The molecule has 1 amide bonds. The Morgan fingerprint density at radius 2 is 2.03 bits per heavy atom. The molecule has 0 saturated carbocycles. The highest BCUT2D eigenvalue weighted by molar-refractivity contribution is 7.19. The van der Waals surface area contributed by atoms with Crippen molar-refractivity contribution in [3.8, 4) is 22.5 Å². The molecule has 6 rings (SSSR count). The SMILES string of the molecule is CC(=O)N1CCC(n2cc(-c3cnc(N)c4oc(-c5c(C)sc6cnccc56)cc34)cn2)CC1. The lowest BCUT2D eigenvalue weighted by molar-refractivity contribution is -0.130. The highest BCUT2D eigenvalue weighted by Crippen LogP contribution is 2.42. The molecule has 8 nitrogen and oxygen atoms in total. The van der Waals surface area contributed by atoms with E-state index in [4.69, 9.17) is 10.2 Å². The number of thiophene rings is 1. The van der Waals surface area contributed by atoms with E-state index in [1.54, 1.807) is 30.7 Å². The van der Waals surface area contributed by atoms with Gasteiger partial charge in [-0.1, -0.05) is 0 Å².